The third kappa shape index (κ3) is 4.85. The SMILES string of the molecule is Cc1ccc(NC(=O)CCN2C(=S)NC(c3ccccn3)C2c2cccn2-c2ccccc2F)cc1. The fraction of sp³-hybridized carbons (Fsp3) is 0.179. The fourth-order valence-corrected chi connectivity index (χ4v) is 4.88. The summed E-state index contributed by atoms with van der Waals surface area (Å²) in [5, 5.41) is 6.86. The normalized spacial score (nSPS) is 17.2. The number of aromatic nitrogens is 2. The molecule has 0 aliphatic carbocycles. The van der Waals surface area contributed by atoms with E-state index < -0.39 is 0 Å². The third-order valence-electron chi connectivity index (χ3n) is 6.31. The van der Waals surface area contributed by atoms with Gasteiger partial charge < -0.3 is 20.1 Å². The van der Waals surface area contributed by atoms with E-state index in [1.54, 1.807) is 18.3 Å². The maximum atomic E-state index is 14.8. The number of carbonyl (C=O) groups excluding carboxylic acids is 1. The lowest BCUT2D eigenvalue weighted by atomic mass is 10.0. The largest absolute Gasteiger partial charge is 0.352 e. The van der Waals surface area contributed by atoms with Crippen LogP contribution >= 0.6 is 12.2 Å². The van der Waals surface area contributed by atoms with Gasteiger partial charge in [0.05, 0.1) is 23.5 Å². The van der Waals surface area contributed by atoms with Crippen molar-refractivity contribution in [2.45, 2.75) is 25.4 Å². The highest BCUT2D eigenvalue weighted by Crippen LogP contribution is 2.39. The molecule has 0 spiro atoms. The zero-order valence-corrected chi connectivity index (χ0v) is 20.6. The van der Waals surface area contributed by atoms with Crippen molar-refractivity contribution in [1.29, 1.82) is 0 Å². The Morgan fingerprint density at radius 3 is 2.58 bits per heavy atom. The summed E-state index contributed by atoms with van der Waals surface area (Å²) in [6.45, 7) is 2.39. The van der Waals surface area contributed by atoms with Gasteiger partial charge in [0, 0.05) is 36.7 Å². The minimum Gasteiger partial charge on any atom is -0.352 e. The number of nitrogens with one attached hydrogen (secondary N) is 2. The number of benzene rings is 2. The Bertz CT molecular complexity index is 1370. The van der Waals surface area contributed by atoms with E-state index in [9.17, 15) is 9.18 Å². The average Bonchev–Trinajstić information content (AvgIpc) is 3.49. The summed E-state index contributed by atoms with van der Waals surface area (Å²) in [6, 6.07) is 23.4. The number of hydrogen-bond acceptors (Lipinski definition) is 3. The smallest absolute Gasteiger partial charge is 0.226 e. The molecule has 1 aliphatic heterocycles. The van der Waals surface area contributed by atoms with Gasteiger partial charge in [0.1, 0.15) is 5.82 Å². The lowest BCUT2D eigenvalue weighted by Gasteiger charge is -2.29. The first-order valence-corrected chi connectivity index (χ1v) is 12.2. The minimum absolute atomic E-state index is 0.105. The van der Waals surface area contributed by atoms with Gasteiger partial charge in [-0.15, -0.1) is 0 Å². The summed E-state index contributed by atoms with van der Waals surface area (Å²) < 4.78 is 16.6. The Hall–Kier alpha value is -4.04. The summed E-state index contributed by atoms with van der Waals surface area (Å²) in [4.78, 5) is 19.3. The zero-order valence-electron chi connectivity index (χ0n) is 19.8. The second kappa shape index (κ2) is 10.3. The molecular formula is C28H26FN5OS. The Morgan fingerprint density at radius 1 is 1.06 bits per heavy atom. The lowest BCUT2D eigenvalue weighted by Crippen LogP contribution is -2.33. The number of hydrogen-bond donors (Lipinski definition) is 2. The van der Waals surface area contributed by atoms with E-state index >= 15 is 0 Å². The van der Waals surface area contributed by atoms with Crippen molar-refractivity contribution in [3.63, 3.8) is 0 Å². The van der Waals surface area contributed by atoms with Gasteiger partial charge in [0.25, 0.3) is 0 Å². The van der Waals surface area contributed by atoms with Gasteiger partial charge in [0.2, 0.25) is 5.91 Å². The van der Waals surface area contributed by atoms with Gasteiger partial charge in [-0.2, -0.15) is 0 Å². The molecule has 2 unspecified atom stereocenters. The molecule has 1 fully saturated rings. The first-order chi connectivity index (χ1) is 17.5. The number of aryl methyl sites for hydroxylation is 1. The number of thiocarbonyl (C=S) groups is 1. The first-order valence-electron chi connectivity index (χ1n) is 11.8. The summed E-state index contributed by atoms with van der Waals surface area (Å²) in [5.41, 5.74) is 4.00. The molecule has 36 heavy (non-hydrogen) atoms. The molecule has 2 aromatic carbocycles. The van der Waals surface area contributed by atoms with Crippen LogP contribution in [0.3, 0.4) is 0 Å². The van der Waals surface area contributed by atoms with Crippen LogP contribution in [-0.4, -0.2) is 32.0 Å². The monoisotopic (exact) mass is 499 g/mol. The number of carbonyl (C=O) groups is 1. The molecule has 182 valence electrons. The predicted octanol–water partition coefficient (Wildman–Crippen LogP) is 5.32. The van der Waals surface area contributed by atoms with Crippen molar-refractivity contribution in [3.8, 4) is 5.69 Å². The van der Waals surface area contributed by atoms with E-state index in [-0.39, 0.29) is 30.2 Å². The molecule has 4 aromatic rings. The molecule has 1 saturated heterocycles. The van der Waals surface area contributed by atoms with E-state index in [0.717, 1.165) is 22.6 Å². The Morgan fingerprint density at radius 2 is 1.83 bits per heavy atom. The Kier molecular flexibility index (Phi) is 6.77. The van der Waals surface area contributed by atoms with Crippen LogP contribution in [0.4, 0.5) is 10.1 Å². The van der Waals surface area contributed by atoms with Crippen molar-refractivity contribution >= 4 is 28.9 Å². The fourth-order valence-electron chi connectivity index (χ4n) is 4.55. The number of para-hydroxylation sites is 1. The molecule has 0 saturated carbocycles. The molecule has 2 atom stereocenters. The number of halogens is 1. The molecule has 0 radical (unpaired) electrons. The van der Waals surface area contributed by atoms with Crippen molar-refractivity contribution in [2.24, 2.45) is 0 Å². The van der Waals surface area contributed by atoms with E-state index in [1.807, 2.05) is 83.3 Å². The summed E-state index contributed by atoms with van der Waals surface area (Å²) in [7, 11) is 0. The maximum Gasteiger partial charge on any atom is 0.226 e. The zero-order chi connectivity index (χ0) is 25.1. The van der Waals surface area contributed by atoms with Gasteiger partial charge >= 0.3 is 0 Å². The number of rotatable bonds is 7. The van der Waals surface area contributed by atoms with E-state index in [0.29, 0.717) is 17.3 Å². The quantitative estimate of drug-likeness (QED) is 0.337. The average molecular weight is 500 g/mol. The summed E-state index contributed by atoms with van der Waals surface area (Å²) in [6.07, 6.45) is 3.82. The van der Waals surface area contributed by atoms with Crippen LogP contribution in [0.1, 0.15) is 35.5 Å². The minimum atomic E-state index is -0.318. The van der Waals surface area contributed by atoms with Crippen LogP contribution in [0.15, 0.2) is 91.3 Å². The van der Waals surface area contributed by atoms with E-state index in [4.69, 9.17) is 12.2 Å². The van der Waals surface area contributed by atoms with Crippen molar-refractivity contribution < 1.29 is 9.18 Å². The number of anilines is 1. The van der Waals surface area contributed by atoms with Crippen LogP contribution in [0, 0.1) is 12.7 Å². The lowest BCUT2D eigenvalue weighted by molar-refractivity contribution is -0.116. The van der Waals surface area contributed by atoms with Crippen LogP contribution in [0.2, 0.25) is 0 Å². The second-order valence-corrected chi connectivity index (χ2v) is 9.13. The molecular weight excluding hydrogens is 473 g/mol. The number of nitrogens with zero attached hydrogens (tertiary/aromatic N) is 3. The molecule has 0 bridgehead atoms. The predicted molar refractivity (Wildman–Crippen MR) is 142 cm³/mol. The Balaban J connectivity index is 1.44. The highest BCUT2D eigenvalue weighted by Gasteiger charge is 2.41. The van der Waals surface area contributed by atoms with Gasteiger partial charge in [-0.25, -0.2) is 4.39 Å². The molecule has 6 nitrogen and oxygen atoms in total. The Labute approximate surface area is 214 Å². The maximum absolute atomic E-state index is 14.8. The molecule has 8 heteroatoms. The highest BCUT2D eigenvalue weighted by molar-refractivity contribution is 7.80. The van der Waals surface area contributed by atoms with Crippen molar-refractivity contribution in [2.75, 3.05) is 11.9 Å². The second-order valence-electron chi connectivity index (χ2n) is 8.74. The van der Waals surface area contributed by atoms with Crippen LogP contribution in [0.5, 0.6) is 0 Å². The van der Waals surface area contributed by atoms with Gasteiger partial charge in [0.15, 0.2) is 5.11 Å². The summed E-state index contributed by atoms with van der Waals surface area (Å²) >= 11 is 5.72. The van der Waals surface area contributed by atoms with Crippen LogP contribution in [0.25, 0.3) is 5.69 Å². The standard InChI is InChI=1S/C28H26FN5OS/c1-19-11-13-20(14-12-19)31-25(35)15-18-34-27(26(32-28(34)36)22-8-4-5-16-30-22)24-10-6-17-33(24)23-9-3-2-7-21(23)29/h2-14,16-17,26-27H,15,18H2,1H3,(H,31,35)(H,32,36). The molecule has 3 heterocycles. The van der Waals surface area contributed by atoms with Crippen molar-refractivity contribution in [3.05, 3.63) is 114 Å². The van der Waals surface area contributed by atoms with Crippen molar-refractivity contribution in [1.82, 2.24) is 19.8 Å². The molecule has 1 amide bonds. The highest BCUT2D eigenvalue weighted by atomic mass is 32.1. The topological polar surface area (TPSA) is 62.2 Å². The summed E-state index contributed by atoms with van der Waals surface area (Å²) in [5.74, 6) is -0.423. The number of pyridine rings is 1. The molecule has 1 aliphatic rings. The number of amides is 1. The van der Waals surface area contributed by atoms with Gasteiger partial charge in [-0.3, -0.25) is 9.78 Å². The molecule has 2 aromatic heterocycles. The van der Waals surface area contributed by atoms with Crippen LogP contribution in [-0.2, 0) is 4.79 Å². The molecule has 5 rings (SSSR count). The third-order valence-corrected chi connectivity index (χ3v) is 6.66. The van der Waals surface area contributed by atoms with Crippen LogP contribution < -0.4 is 10.6 Å². The first kappa shape index (κ1) is 23.7. The van der Waals surface area contributed by atoms with Gasteiger partial charge in [-0.05, 0) is 67.7 Å². The molecule has 2 N–H and O–H groups in total. The van der Waals surface area contributed by atoms with E-state index in [2.05, 4.69) is 15.6 Å². The van der Waals surface area contributed by atoms with Gasteiger partial charge in [-0.1, -0.05) is 35.9 Å². The van der Waals surface area contributed by atoms with E-state index in [1.165, 1.54) is 6.07 Å².